The maximum absolute atomic E-state index is 12.4. The van der Waals surface area contributed by atoms with E-state index in [1.807, 2.05) is 20.8 Å². The summed E-state index contributed by atoms with van der Waals surface area (Å²) in [4.78, 5) is 19.4. The van der Waals surface area contributed by atoms with E-state index in [0.29, 0.717) is 13.1 Å². The van der Waals surface area contributed by atoms with E-state index < -0.39 is 6.10 Å². The van der Waals surface area contributed by atoms with Crippen molar-refractivity contribution in [3.63, 3.8) is 0 Å². The van der Waals surface area contributed by atoms with Gasteiger partial charge in [-0.05, 0) is 57.6 Å². The van der Waals surface area contributed by atoms with Crippen LogP contribution in [0, 0.1) is 5.92 Å². The number of halogens is 1. The second kappa shape index (κ2) is 14.1. The standard InChI is InChI=1S/C25H41N5O2.HI/c1-4-26-25(29-22-11-7-10-20(14-22)24(32)28-18(2)3)27-15-23(31)17-30-13-12-19-8-5-6-9-21(19)16-30;/h5-6,8-9,18,20,22-23,31H,4,7,10-17H2,1-3H3,(H,28,32)(H2,26,27,29);1H. The molecule has 1 amide bonds. The predicted molar refractivity (Wildman–Crippen MR) is 145 cm³/mol. The lowest BCUT2D eigenvalue weighted by molar-refractivity contribution is -0.126. The lowest BCUT2D eigenvalue weighted by Gasteiger charge is -2.31. The Labute approximate surface area is 216 Å². The molecule has 7 nitrogen and oxygen atoms in total. The molecule has 2 aliphatic rings. The molecule has 0 aromatic heterocycles. The maximum atomic E-state index is 12.4. The molecule has 1 saturated carbocycles. The van der Waals surface area contributed by atoms with Crippen LogP contribution >= 0.6 is 24.0 Å². The fourth-order valence-corrected chi connectivity index (χ4v) is 4.74. The normalized spacial score (nSPS) is 22.2. The number of aliphatic hydroxyl groups excluding tert-OH is 1. The molecule has 0 spiro atoms. The van der Waals surface area contributed by atoms with Gasteiger partial charge in [-0.2, -0.15) is 0 Å². The summed E-state index contributed by atoms with van der Waals surface area (Å²) in [5, 5.41) is 20.5. The molecule has 1 fully saturated rings. The van der Waals surface area contributed by atoms with Gasteiger partial charge in [0.15, 0.2) is 5.96 Å². The number of hydrogen-bond donors (Lipinski definition) is 4. The zero-order valence-electron chi connectivity index (χ0n) is 20.3. The number of hydrogen-bond acceptors (Lipinski definition) is 4. The van der Waals surface area contributed by atoms with Gasteiger partial charge in [-0.25, -0.2) is 0 Å². The second-order valence-corrected chi connectivity index (χ2v) is 9.50. The van der Waals surface area contributed by atoms with E-state index >= 15 is 0 Å². The molecule has 3 rings (SSSR count). The Morgan fingerprint density at radius 1 is 1.24 bits per heavy atom. The Balaban J connectivity index is 0.00000385. The zero-order chi connectivity index (χ0) is 22.9. The van der Waals surface area contributed by atoms with Crippen molar-refractivity contribution in [1.82, 2.24) is 20.9 Å². The number of amides is 1. The largest absolute Gasteiger partial charge is 0.390 e. The zero-order valence-corrected chi connectivity index (χ0v) is 22.7. The summed E-state index contributed by atoms with van der Waals surface area (Å²) in [6.45, 7) is 9.64. The van der Waals surface area contributed by atoms with E-state index in [-0.39, 0.29) is 47.9 Å². The van der Waals surface area contributed by atoms with E-state index in [4.69, 9.17) is 0 Å². The van der Waals surface area contributed by atoms with Crippen LogP contribution in [0.1, 0.15) is 57.6 Å². The lowest BCUT2D eigenvalue weighted by Crippen LogP contribution is -2.48. The number of aliphatic imine (C=N–C) groups is 1. The summed E-state index contributed by atoms with van der Waals surface area (Å²) in [6, 6.07) is 8.95. The quantitative estimate of drug-likeness (QED) is 0.219. The van der Waals surface area contributed by atoms with Crippen LogP contribution in [0.4, 0.5) is 0 Å². The second-order valence-electron chi connectivity index (χ2n) is 9.50. The van der Waals surface area contributed by atoms with Crippen LogP contribution < -0.4 is 16.0 Å². The Kier molecular flexibility index (Phi) is 11.9. The fourth-order valence-electron chi connectivity index (χ4n) is 4.74. The third kappa shape index (κ3) is 9.05. The van der Waals surface area contributed by atoms with Crippen LogP contribution in [-0.2, 0) is 17.8 Å². The highest BCUT2D eigenvalue weighted by molar-refractivity contribution is 14.0. The minimum absolute atomic E-state index is 0. The average Bonchev–Trinajstić information content (AvgIpc) is 2.77. The molecule has 3 atom stereocenters. The summed E-state index contributed by atoms with van der Waals surface area (Å²) in [7, 11) is 0. The number of carbonyl (C=O) groups excluding carboxylic acids is 1. The van der Waals surface area contributed by atoms with Crippen molar-refractivity contribution >= 4 is 35.8 Å². The molecule has 0 bridgehead atoms. The summed E-state index contributed by atoms with van der Waals surface area (Å²) < 4.78 is 0. The van der Waals surface area contributed by atoms with Gasteiger partial charge in [-0.3, -0.25) is 14.7 Å². The van der Waals surface area contributed by atoms with Crippen molar-refractivity contribution in [3.8, 4) is 0 Å². The number of guanidine groups is 1. The van der Waals surface area contributed by atoms with E-state index in [0.717, 1.165) is 57.7 Å². The summed E-state index contributed by atoms with van der Waals surface area (Å²) in [5.41, 5.74) is 2.78. The first-order valence-electron chi connectivity index (χ1n) is 12.3. The molecule has 1 aromatic carbocycles. The number of β-amino-alcohol motifs (C(OH)–C–C–N with tert-alkyl or cyclic N) is 1. The molecular weight excluding hydrogens is 529 g/mol. The molecule has 8 heteroatoms. The molecule has 0 radical (unpaired) electrons. The minimum Gasteiger partial charge on any atom is -0.390 e. The van der Waals surface area contributed by atoms with Crippen LogP contribution in [0.5, 0.6) is 0 Å². The van der Waals surface area contributed by atoms with E-state index in [9.17, 15) is 9.90 Å². The van der Waals surface area contributed by atoms with Gasteiger partial charge in [0.2, 0.25) is 5.91 Å². The molecule has 1 aliphatic heterocycles. The van der Waals surface area contributed by atoms with Gasteiger partial charge in [0.1, 0.15) is 0 Å². The van der Waals surface area contributed by atoms with Crippen molar-refractivity contribution in [2.24, 2.45) is 10.9 Å². The molecule has 1 aromatic rings. The van der Waals surface area contributed by atoms with Gasteiger partial charge < -0.3 is 21.1 Å². The minimum atomic E-state index is -0.508. The third-order valence-corrected chi connectivity index (χ3v) is 6.30. The number of nitrogens with one attached hydrogen (secondary N) is 3. The Bertz CT molecular complexity index is 773. The first-order chi connectivity index (χ1) is 15.4. The number of benzene rings is 1. The maximum Gasteiger partial charge on any atom is 0.223 e. The molecule has 4 N–H and O–H groups in total. The van der Waals surface area contributed by atoms with Gasteiger partial charge in [-0.1, -0.05) is 30.7 Å². The van der Waals surface area contributed by atoms with Crippen LogP contribution in [0.2, 0.25) is 0 Å². The number of carbonyl (C=O) groups is 1. The summed E-state index contributed by atoms with van der Waals surface area (Å²) in [6.07, 6.45) is 4.36. The van der Waals surface area contributed by atoms with Gasteiger partial charge in [0.05, 0.1) is 12.6 Å². The highest BCUT2D eigenvalue weighted by Gasteiger charge is 2.28. The molecule has 0 saturated heterocycles. The molecule has 33 heavy (non-hydrogen) atoms. The third-order valence-electron chi connectivity index (χ3n) is 6.30. The van der Waals surface area contributed by atoms with Crippen LogP contribution in [0.3, 0.4) is 0 Å². The van der Waals surface area contributed by atoms with Gasteiger partial charge in [0, 0.05) is 44.2 Å². The van der Waals surface area contributed by atoms with Crippen LogP contribution in [-0.4, -0.2) is 66.2 Å². The Hall–Kier alpha value is -1.39. The van der Waals surface area contributed by atoms with Crippen LogP contribution in [0.15, 0.2) is 29.3 Å². The van der Waals surface area contributed by atoms with Crippen LogP contribution in [0.25, 0.3) is 0 Å². The number of fused-ring (bicyclic) bond motifs is 1. The van der Waals surface area contributed by atoms with E-state index in [1.54, 1.807) is 0 Å². The van der Waals surface area contributed by atoms with Crippen molar-refractivity contribution in [1.29, 1.82) is 0 Å². The molecule has 3 unspecified atom stereocenters. The van der Waals surface area contributed by atoms with Crippen molar-refractivity contribution in [3.05, 3.63) is 35.4 Å². The SMILES string of the molecule is CCNC(=NCC(O)CN1CCc2ccccc2C1)NC1CCCC(C(=O)NC(C)C)C1.I. The lowest BCUT2D eigenvalue weighted by atomic mass is 9.85. The number of nitrogens with zero attached hydrogens (tertiary/aromatic N) is 2. The first-order valence-corrected chi connectivity index (χ1v) is 12.3. The molecular formula is C25H42IN5O2. The van der Waals surface area contributed by atoms with E-state index in [1.165, 1.54) is 11.1 Å². The summed E-state index contributed by atoms with van der Waals surface area (Å²) >= 11 is 0. The van der Waals surface area contributed by atoms with Crippen molar-refractivity contribution in [2.45, 2.75) is 77.6 Å². The van der Waals surface area contributed by atoms with E-state index in [2.05, 4.69) is 50.1 Å². The number of rotatable bonds is 8. The fraction of sp³-hybridized carbons (Fsp3) is 0.680. The average molecular weight is 572 g/mol. The first kappa shape index (κ1) is 27.9. The number of aliphatic hydroxyl groups is 1. The predicted octanol–water partition coefficient (Wildman–Crippen LogP) is 2.66. The molecule has 1 aliphatic carbocycles. The monoisotopic (exact) mass is 571 g/mol. The summed E-state index contributed by atoms with van der Waals surface area (Å²) in [5.74, 6) is 0.941. The Morgan fingerprint density at radius 3 is 2.73 bits per heavy atom. The highest BCUT2D eigenvalue weighted by atomic mass is 127. The van der Waals surface area contributed by atoms with Gasteiger partial charge in [0.25, 0.3) is 0 Å². The highest BCUT2D eigenvalue weighted by Crippen LogP contribution is 2.24. The molecule has 186 valence electrons. The Morgan fingerprint density at radius 2 is 2.00 bits per heavy atom. The molecule has 1 heterocycles. The van der Waals surface area contributed by atoms with Gasteiger partial charge >= 0.3 is 0 Å². The van der Waals surface area contributed by atoms with Crippen molar-refractivity contribution < 1.29 is 9.90 Å². The smallest absolute Gasteiger partial charge is 0.223 e. The van der Waals surface area contributed by atoms with Gasteiger partial charge in [-0.15, -0.1) is 24.0 Å². The van der Waals surface area contributed by atoms with Crippen molar-refractivity contribution in [2.75, 3.05) is 26.2 Å². The topological polar surface area (TPSA) is 89.0 Å².